The van der Waals surface area contributed by atoms with E-state index in [1.54, 1.807) is 0 Å². The summed E-state index contributed by atoms with van der Waals surface area (Å²) in [7, 11) is -3.34. The first-order valence-corrected chi connectivity index (χ1v) is 12.0. The lowest BCUT2D eigenvalue weighted by atomic mass is 10.3. The molecule has 152 valence electrons. The van der Waals surface area contributed by atoms with E-state index in [9.17, 15) is 14.2 Å². The molecule has 0 aromatic heterocycles. The summed E-state index contributed by atoms with van der Waals surface area (Å²) in [6.07, 6.45) is 2.09. The summed E-state index contributed by atoms with van der Waals surface area (Å²) in [5, 5.41) is 26.2. The van der Waals surface area contributed by atoms with Gasteiger partial charge in [-0.3, -0.25) is 14.2 Å². The lowest BCUT2D eigenvalue weighted by Crippen LogP contribution is -2.13. The molecule has 0 aliphatic rings. The van der Waals surface area contributed by atoms with Gasteiger partial charge in [0.15, 0.2) is 0 Å². The molecule has 2 unspecified atom stereocenters. The lowest BCUT2D eigenvalue weighted by Gasteiger charge is -2.20. The molecule has 0 heterocycles. The number of aliphatic hydroxyl groups is 1. The Morgan fingerprint density at radius 3 is 2.31 bits per heavy atom. The molecule has 0 aromatic carbocycles. The molecule has 0 aliphatic carbocycles. The molecule has 0 aromatic rings. The van der Waals surface area contributed by atoms with Crippen LogP contribution in [0.15, 0.2) is 12.7 Å². The van der Waals surface area contributed by atoms with E-state index in [0.717, 1.165) is 0 Å². The van der Waals surface area contributed by atoms with E-state index < -0.39 is 19.5 Å². The van der Waals surface area contributed by atoms with Gasteiger partial charge in [-0.1, -0.05) is 6.08 Å². The Labute approximate surface area is 162 Å². The van der Waals surface area contributed by atoms with E-state index >= 15 is 0 Å². The standard InChI is InChI=1S/C15H27O8PS2/c1-2-9-24(21,23-8-6-16)22-7-3-13(26-11-5-15(19)20)12-25-10-4-14(17)18/h2,13,16H,1,3-12H2,(H,17,18)(H,19,20). The van der Waals surface area contributed by atoms with E-state index in [0.29, 0.717) is 23.7 Å². The quantitative estimate of drug-likeness (QED) is 0.169. The number of carboxylic acid groups (broad SMARTS) is 2. The fraction of sp³-hybridized carbons (Fsp3) is 0.733. The maximum atomic E-state index is 12.4. The van der Waals surface area contributed by atoms with Crippen molar-refractivity contribution in [3.05, 3.63) is 12.7 Å². The summed E-state index contributed by atoms with van der Waals surface area (Å²) in [5.41, 5.74) is 0. The molecular formula is C15H27O8PS2. The molecule has 0 spiro atoms. The molecule has 3 N–H and O–H groups in total. The van der Waals surface area contributed by atoms with Gasteiger partial charge in [0.1, 0.15) is 0 Å². The highest BCUT2D eigenvalue weighted by molar-refractivity contribution is 8.03. The lowest BCUT2D eigenvalue weighted by molar-refractivity contribution is -0.137. The van der Waals surface area contributed by atoms with Crippen LogP contribution in [0.5, 0.6) is 0 Å². The number of rotatable bonds is 18. The van der Waals surface area contributed by atoms with Gasteiger partial charge in [0.2, 0.25) is 0 Å². The number of hydrogen-bond acceptors (Lipinski definition) is 8. The molecule has 0 saturated heterocycles. The Morgan fingerprint density at radius 2 is 1.73 bits per heavy atom. The Kier molecular flexibility index (Phi) is 15.2. The van der Waals surface area contributed by atoms with Crippen LogP contribution in [0.3, 0.4) is 0 Å². The third-order valence-electron chi connectivity index (χ3n) is 2.89. The third-order valence-corrected chi connectivity index (χ3v) is 7.41. The van der Waals surface area contributed by atoms with Crippen molar-refractivity contribution in [1.29, 1.82) is 0 Å². The van der Waals surface area contributed by atoms with Crippen LogP contribution in [0.2, 0.25) is 0 Å². The van der Waals surface area contributed by atoms with E-state index in [1.165, 1.54) is 29.6 Å². The number of thioether (sulfide) groups is 2. The molecule has 2 atom stereocenters. The second-order valence-electron chi connectivity index (χ2n) is 5.12. The van der Waals surface area contributed by atoms with E-state index in [1.807, 2.05) is 0 Å². The van der Waals surface area contributed by atoms with Gasteiger partial charge in [-0.05, 0) is 6.42 Å². The Morgan fingerprint density at radius 1 is 1.12 bits per heavy atom. The van der Waals surface area contributed by atoms with Crippen LogP contribution < -0.4 is 0 Å². The van der Waals surface area contributed by atoms with E-state index in [2.05, 4.69) is 6.58 Å². The van der Waals surface area contributed by atoms with Gasteiger partial charge in [-0.2, -0.15) is 23.5 Å². The van der Waals surface area contributed by atoms with Crippen LogP contribution in [0, 0.1) is 0 Å². The van der Waals surface area contributed by atoms with Crippen LogP contribution in [0.25, 0.3) is 0 Å². The van der Waals surface area contributed by atoms with Crippen molar-refractivity contribution in [3.63, 3.8) is 0 Å². The maximum Gasteiger partial charge on any atom is 0.334 e. The van der Waals surface area contributed by atoms with Gasteiger partial charge in [0.25, 0.3) is 0 Å². The number of carbonyl (C=O) groups is 2. The predicted octanol–water partition coefficient (Wildman–Crippen LogP) is 2.57. The molecule has 0 saturated carbocycles. The molecule has 0 aliphatic heterocycles. The zero-order valence-corrected chi connectivity index (χ0v) is 17.1. The summed E-state index contributed by atoms with van der Waals surface area (Å²) in [6.45, 7) is 3.31. The predicted molar refractivity (Wildman–Crippen MR) is 104 cm³/mol. The first kappa shape index (κ1) is 25.5. The number of aliphatic carboxylic acids is 2. The molecule has 0 amide bonds. The van der Waals surface area contributed by atoms with Gasteiger partial charge in [0.05, 0.1) is 38.8 Å². The maximum absolute atomic E-state index is 12.4. The molecule has 26 heavy (non-hydrogen) atoms. The van der Waals surface area contributed by atoms with Crippen molar-refractivity contribution < 1.29 is 38.5 Å². The first-order valence-electron chi connectivity index (χ1n) is 8.05. The van der Waals surface area contributed by atoms with Crippen molar-refractivity contribution >= 4 is 43.1 Å². The summed E-state index contributed by atoms with van der Waals surface area (Å²) < 4.78 is 22.9. The van der Waals surface area contributed by atoms with Crippen LogP contribution >= 0.6 is 31.1 Å². The average molecular weight is 430 g/mol. The Bertz CT molecular complexity index is 475. The normalized spacial score (nSPS) is 14.5. The van der Waals surface area contributed by atoms with Crippen molar-refractivity contribution in [2.75, 3.05) is 43.2 Å². The summed E-state index contributed by atoms with van der Waals surface area (Å²) in [5.74, 6) is -0.184. The molecule has 11 heteroatoms. The first-order chi connectivity index (χ1) is 12.3. The molecule has 0 bridgehead atoms. The highest BCUT2D eigenvalue weighted by Crippen LogP contribution is 2.48. The number of aliphatic hydroxyl groups excluding tert-OH is 1. The average Bonchev–Trinajstić information content (AvgIpc) is 2.56. The van der Waals surface area contributed by atoms with Gasteiger partial charge >= 0.3 is 19.5 Å². The smallest absolute Gasteiger partial charge is 0.334 e. The minimum Gasteiger partial charge on any atom is -0.481 e. The van der Waals surface area contributed by atoms with Crippen LogP contribution in [-0.2, 0) is 23.2 Å². The Balaban J connectivity index is 4.42. The highest BCUT2D eigenvalue weighted by Gasteiger charge is 2.23. The molecule has 0 radical (unpaired) electrons. The van der Waals surface area contributed by atoms with E-state index in [4.69, 9.17) is 24.4 Å². The fourth-order valence-corrected chi connectivity index (χ4v) is 5.53. The second-order valence-corrected chi connectivity index (χ2v) is 9.78. The summed E-state index contributed by atoms with van der Waals surface area (Å²) >= 11 is 2.95. The van der Waals surface area contributed by atoms with Crippen molar-refractivity contribution in [1.82, 2.24) is 0 Å². The number of hydrogen-bond donors (Lipinski definition) is 3. The molecule has 0 rings (SSSR count). The van der Waals surface area contributed by atoms with Crippen molar-refractivity contribution in [3.8, 4) is 0 Å². The number of carboxylic acids is 2. The van der Waals surface area contributed by atoms with E-state index in [-0.39, 0.29) is 44.1 Å². The molecule has 8 nitrogen and oxygen atoms in total. The van der Waals surface area contributed by atoms with Crippen LogP contribution in [-0.4, -0.2) is 75.7 Å². The van der Waals surface area contributed by atoms with Crippen molar-refractivity contribution in [2.24, 2.45) is 0 Å². The third kappa shape index (κ3) is 14.6. The fourth-order valence-electron chi connectivity index (χ4n) is 1.71. The van der Waals surface area contributed by atoms with Crippen LogP contribution in [0.4, 0.5) is 0 Å². The van der Waals surface area contributed by atoms with Gasteiger partial charge < -0.3 is 24.4 Å². The zero-order valence-electron chi connectivity index (χ0n) is 14.6. The van der Waals surface area contributed by atoms with Gasteiger partial charge in [0, 0.05) is 22.5 Å². The monoisotopic (exact) mass is 430 g/mol. The number of allylic oxidation sites excluding steroid dienone is 1. The zero-order chi connectivity index (χ0) is 19.8. The van der Waals surface area contributed by atoms with Gasteiger partial charge in [-0.15, -0.1) is 6.58 Å². The van der Waals surface area contributed by atoms with Crippen LogP contribution in [0.1, 0.15) is 19.3 Å². The second kappa shape index (κ2) is 15.5. The molecular weight excluding hydrogens is 403 g/mol. The SMILES string of the molecule is C=CCP(=O)(OCCO)OCCC(CSCCC(=O)O)SCCC(=O)O. The Hall–Kier alpha value is -0.510. The largest absolute Gasteiger partial charge is 0.481 e. The minimum atomic E-state index is -3.34. The highest BCUT2D eigenvalue weighted by atomic mass is 32.2. The summed E-state index contributed by atoms with van der Waals surface area (Å²) in [6, 6.07) is 0. The summed E-state index contributed by atoms with van der Waals surface area (Å²) in [4.78, 5) is 21.2. The minimum absolute atomic E-state index is 0.0381. The van der Waals surface area contributed by atoms with Crippen molar-refractivity contribution in [2.45, 2.75) is 24.5 Å². The molecule has 0 fully saturated rings. The van der Waals surface area contributed by atoms with Gasteiger partial charge in [-0.25, -0.2) is 0 Å². The topological polar surface area (TPSA) is 130 Å².